The number of carbonyl (C=O) groups excluding carboxylic acids is 2. The molecule has 0 saturated carbocycles. The van der Waals surface area contributed by atoms with Crippen LogP contribution in [0.5, 0.6) is 17.6 Å². The number of nitrogen functional groups attached to an aromatic ring is 1. The number of pyridine rings is 4. The first kappa shape index (κ1) is 105. The van der Waals surface area contributed by atoms with E-state index in [0.717, 1.165) is 184 Å². The SMILES string of the molecule is CC(C)O.CC1(C)OB(C2=CCc3c2ccnc3Cl)OC1(C)C.CCC(C(=O)Nc1nccc2c(-c3nc(Nc4cn(C)nc4OC)ncc3C)c[nH]c12)N1CCN(C)CC1.CCC(C(N)=O)N1CCN(C)CC1.COc1nn(C)cc1N.COc1nn(C)cc1Nc1ncc(C)c(-c2c[nH]c3c(Cl)nccc23)n1.Cc1cnc(Cl)nc1C1=CCc2c1ccnc2Cl.Cc1cnc(Cl)nc1Cl. The average Bonchev–Trinajstić information content (AvgIpc) is 1.57. The van der Waals surface area contributed by atoms with Crippen molar-refractivity contribution in [1.29, 1.82) is 0 Å². The summed E-state index contributed by atoms with van der Waals surface area (Å²) in [5.74, 6) is 2.57. The van der Waals surface area contributed by atoms with Crippen molar-refractivity contribution >= 4 is 156 Å². The summed E-state index contributed by atoms with van der Waals surface area (Å²) < 4.78 is 32.5. The van der Waals surface area contributed by atoms with Crippen molar-refractivity contribution in [2.24, 2.45) is 26.9 Å². The van der Waals surface area contributed by atoms with Gasteiger partial charge >= 0.3 is 7.12 Å². The van der Waals surface area contributed by atoms with E-state index in [-0.39, 0.29) is 58.9 Å². The van der Waals surface area contributed by atoms with Crippen LogP contribution in [0.3, 0.4) is 0 Å². The van der Waals surface area contributed by atoms with Crippen LogP contribution in [0.2, 0.25) is 31.2 Å². The molecule has 16 heterocycles. The zero-order valence-electron chi connectivity index (χ0n) is 79.8. The molecule has 0 bridgehead atoms. The predicted molar refractivity (Wildman–Crippen MR) is 536 cm³/mol. The average molecular weight is 1980 g/mol. The summed E-state index contributed by atoms with van der Waals surface area (Å²) in [6, 6.07) is 7.51. The van der Waals surface area contributed by atoms with Gasteiger partial charge in [-0.25, -0.2) is 59.8 Å². The Kier molecular flexibility index (Phi) is 36.6. The molecule has 3 fully saturated rings. The van der Waals surface area contributed by atoms with Gasteiger partial charge in [0.05, 0.1) is 91.3 Å². The summed E-state index contributed by atoms with van der Waals surface area (Å²) in [5, 5.41) is 34.1. The van der Waals surface area contributed by atoms with Gasteiger partial charge in [-0.2, -0.15) is 0 Å². The highest BCUT2D eigenvalue weighted by Gasteiger charge is 2.53. The van der Waals surface area contributed by atoms with Gasteiger partial charge < -0.3 is 75.8 Å². The Hall–Kier alpha value is -11.6. The quantitative estimate of drug-likeness (QED) is 0.0171. The summed E-state index contributed by atoms with van der Waals surface area (Å²) in [5.41, 5.74) is 27.9. The Bertz CT molecular complexity index is 6350. The molecule has 37 nitrogen and oxygen atoms in total. The van der Waals surface area contributed by atoms with Gasteiger partial charge in [-0.1, -0.05) is 72.4 Å². The van der Waals surface area contributed by atoms with E-state index in [0.29, 0.717) is 73.0 Å². The highest BCUT2D eigenvalue weighted by molar-refractivity contribution is 6.69. The number of anilines is 6. The maximum absolute atomic E-state index is 13.3. The summed E-state index contributed by atoms with van der Waals surface area (Å²) in [4.78, 5) is 90.6. The molecule has 44 heteroatoms. The van der Waals surface area contributed by atoms with Gasteiger partial charge in [0.1, 0.15) is 32.5 Å². The molecule has 5 aliphatic rings. The standard InChI is InChI=1S/C26H34N10O2.C17H16ClN7O.C14H17BClNO2.C13H9Cl2N3.C9H19N3O.C5H4Cl2N2.C5H9N3O.C3H8O/c1-6-20(36-11-9-34(3)10-12-36)24(37)32-23-22-17(7-8-27-23)18(14-28-22)21-16(2)13-29-26(31-21)30-19-15-35(4)33-25(19)38-5;1-9-6-21-17(22-12-8-25(2)24-16(12)26-3)23-13(9)11-7-20-14-10(11)4-5-19-15(14)18;1-13(2)14(3,4)19-15(18-13)11-6-5-10-9(11)7-8-17-12(10)16;1-7-6-17-13(15)18-11(7)9-2-3-10-8(9)4-5-16-12(10)14;1-3-8(9(10)13)12-6-4-11(2)5-7-12;1-3-2-8-5(7)9-4(3)6;1-8-3-4(6)5(7-8)9-2;1-3(2)4/h7-8,13-15,20,28H,6,9-12H2,1-5H3,(H,27,32,37)(H,29,30,31);4-8,20H,1-3H3,(H,21,22,23);6-8H,5H2,1-4H3;2,4-6H,3H2,1H3;8H,3-7H2,1-2H3,(H2,10,13);2H,1H3;3H,6H2,1-2H3;3-4H,1-2H3. The monoisotopic (exact) mass is 1980 g/mol. The van der Waals surface area contributed by atoms with E-state index in [4.69, 9.17) is 115 Å². The number of allylic oxidation sites excluding steroid dienone is 2. The lowest BCUT2D eigenvalue weighted by molar-refractivity contribution is -0.124. The number of hydrogen-bond acceptors (Lipinski definition) is 30. The summed E-state index contributed by atoms with van der Waals surface area (Å²) in [7, 11) is 14.0. The van der Waals surface area contributed by atoms with Crippen LogP contribution in [-0.2, 0) is 52.9 Å². The number of nitrogens with zero attached hydrogens (tertiary/aromatic N) is 22. The van der Waals surface area contributed by atoms with E-state index in [1.54, 1.807) is 124 Å². The van der Waals surface area contributed by atoms with Crippen molar-refractivity contribution in [2.75, 3.05) is 109 Å². The van der Waals surface area contributed by atoms with Gasteiger partial charge in [0.2, 0.25) is 34.3 Å². The van der Waals surface area contributed by atoms with Gasteiger partial charge in [0.15, 0.2) is 11.0 Å². The number of aliphatic hydroxyl groups is 1. The molecule has 722 valence electrons. The first-order chi connectivity index (χ1) is 64.7. The van der Waals surface area contributed by atoms with Crippen molar-refractivity contribution in [1.82, 2.24) is 119 Å². The summed E-state index contributed by atoms with van der Waals surface area (Å²) in [6.07, 6.45) is 29.9. The lowest BCUT2D eigenvalue weighted by Gasteiger charge is -2.36. The van der Waals surface area contributed by atoms with Gasteiger partial charge in [0, 0.05) is 186 Å². The molecular formula is C92H116BCl6N29O8. The molecule has 2 aliphatic carbocycles. The van der Waals surface area contributed by atoms with Crippen LogP contribution >= 0.6 is 69.6 Å². The molecule has 10 N–H and O–H groups in total. The normalized spacial score (nSPS) is 15.2. The van der Waals surface area contributed by atoms with E-state index >= 15 is 0 Å². The number of H-pyrrole nitrogens is 2. The maximum Gasteiger partial charge on any atom is 0.495 e. The van der Waals surface area contributed by atoms with E-state index in [1.165, 1.54) is 0 Å². The molecule has 3 saturated heterocycles. The van der Waals surface area contributed by atoms with E-state index in [2.05, 4.69) is 170 Å². The number of amides is 2. The van der Waals surface area contributed by atoms with Crippen molar-refractivity contribution in [3.63, 3.8) is 0 Å². The maximum atomic E-state index is 13.3. The largest absolute Gasteiger partial charge is 0.495 e. The molecule has 0 radical (unpaired) electrons. The number of ether oxygens (including phenoxy) is 3. The molecule has 13 aromatic rings. The first-order valence-corrected chi connectivity index (χ1v) is 46.1. The fraction of sp³-hybridized carbons (Fsp3) is 0.402. The third-order valence-corrected chi connectivity index (χ3v) is 24.6. The van der Waals surface area contributed by atoms with Gasteiger partial charge in [-0.15, -0.1) is 15.3 Å². The number of methoxy groups -OCH3 is 3. The highest BCUT2D eigenvalue weighted by Crippen LogP contribution is 2.45. The number of piperazine rings is 2. The number of nitrogens with two attached hydrogens (primary N) is 2. The minimum Gasteiger partial charge on any atom is -0.478 e. The molecule has 18 rings (SSSR count). The molecular weight excluding hydrogens is 1860 g/mol. The Morgan fingerprint density at radius 3 is 1.43 bits per heavy atom. The van der Waals surface area contributed by atoms with Crippen LogP contribution < -0.4 is 41.6 Å². The summed E-state index contributed by atoms with van der Waals surface area (Å²) in [6.45, 7) is 31.1. The number of aryl methyl sites for hydroxylation is 7. The molecule has 2 atom stereocenters. The Labute approximate surface area is 820 Å². The lowest BCUT2D eigenvalue weighted by atomic mass is 9.75. The fourth-order valence-corrected chi connectivity index (χ4v) is 16.2. The second-order valence-corrected chi connectivity index (χ2v) is 35.9. The number of aromatic nitrogens is 20. The number of primary amides is 1. The third kappa shape index (κ3) is 26.4. The van der Waals surface area contributed by atoms with Crippen LogP contribution in [0.15, 0.2) is 117 Å². The number of nitrogens with one attached hydrogen (secondary N) is 5. The molecule has 2 unspecified atom stereocenters. The number of hydrogen-bond donors (Lipinski definition) is 8. The Morgan fingerprint density at radius 2 is 0.949 bits per heavy atom. The van der Waals surface area contributed by atoms with E-state index in [1.807, 2.05) is 92.3 Å². The van der Waals surface area contributed by atoms with E-state index in [9.17, 15) is 9.59 Å². The molecule has 2 amide bonds. The van der Waals surface area contributed by atoms with Crippen molar-refractivity contribution in [2.45, 2.75) is 138 Å². The lowest BCUT2D eigenvalue weighted by Crippen LogP contribution is -2.53. The number of carbonyl (C=O) groups is 2. The number of aliphatic hydroxyl groups excluding tert-OH is 1. The smallest absolute Gasteiger partial charge is 0.478 e. The first-order valence-electron chi connectivity index (χ1n) is 43.8. The van der Waals surface area contributed by atoms with Crippen LogP contribution in [0, 0.1) is 27.7 Å². The zero-order valence-corrected chi connectivity index (χ0v) is 84.4. The minimum atomic E-state index is -0.329. The molecule has 13 aromatic heterocycles. The van der Waals surface area contributed by atoms with Crippen LogP contribution in [0.1, 0.15) is 118 Å². The van der Waals surface area contributed by atoms with Gasteiger partial charge in [0.25, 0.3) is 17.6 Å². The van der Waals surface area contributed by atoms with Gasteiger partial charge in [-0.3, -0.25) is 33.4 Å². The number of halogens is 6. The van der Waals surface area contributed by atoms with Crippen LogP contribution in [0.25, 0.3) is 55.4 Å². The van der Waals surface area contributed by atoms with Crippen LogP contribution in [0.4, 0.5) is 34.8 Å². The number of likely N-dealkylation sites (N-methyl/N-ethyl adjacent to an activating group) is 2. The van der Waals surface area contributed by atoms with Crippen molar-refractivity contribution in [3.8, 4) is 40.2 Å². The van der Waals surface area contributed by atoms with Crippen molar-refractivity contribution < 1.29 is 38.2 Å². The Balaban J connectivity index is 0.000000160. The number of aromatic amines is 2. The fourth-order valence-electron chi connectivity index (χ4n) is 15.1. The number of fused-ring (bicyclic) bond motifs is 4. The highest BCUT2D eigenvalue weighted by atomic mass is 35.5. The van der Waals surface area contributed by atoms with Crippen molar-refractivity contribution in [3.05, 3.63) is 198 Å². The number of rotatable bonds is 18. The van der Waals surface area contributed by atoms with Gasteiger partial charge in [-0.05, 0) is 190 Å². The predicted octanol–water partition coefficient (Wildman–Crippen LogP) is 15.0. The Morgan fingerprint density at radius 1 is 0.522 bits per heavy atom. The van der Waals surface area contributed by atoms with Crippen LogP contribution in [-0.4, -0.2) is 260 Å². The van der Waals surface area contributed by atoms with E-state index < -0.39 is 0 Å². The molecule has 0 spiro atoms. The summed E-state index contributed by atoms with van der Waals surface area (Å²) >= 11 is 35.2. The third-order valence-electron chi connectivity index (χ3n) is 22.9. The molecule has 0 aromatic carbocycles. The molecule has 3 aliphatic heterocycles. The minimum absolute atomic E-state index is 0.0386. The second-order valence-electron chi connectivity index (χ2n) is 33.8. The molecule has 136 heavy (non-hydrogen) atoms. The second kappa shape index (κ2) is 47.4. The zero-order chi connectivity index (χ0) is 98.7. The topological polar surface area (TPSA) is 441 Å².